The SMILES string of the molecule is O=C(CSCc1nnnn1C1CCCC1)N1CCN(Cc2ccccc2Cl)CC1. The monoisotopic (exact) mass is 434 g/mol. The van der Waals surface area contributed by atoms with Crippen molar-refractivity contribution in [1.82, 2.24) is 30.0 Å². The third-order valence-corrected chi connectivity index (χ3v) is 7.05. The van der Waals surface area contributed by atoms with Crippen LogP contribution in [0.15, 0.2) is 24.3 Å². The molecule has 1 aliphatic heterocycles. The van der Waals surface area contributed by atoms with Crippen LogP contribution in [0.4, 0.5) is 0 Å². The number of hydrogen-bond acceptors (Lipinski definition) is 6. The van der Waals surface area contributed by atoms with Crippen LogP contribution in [-0.4, -0.2) is 67.8 Å². The quantitative estimate of drug-likeness (QED) is 0.667. The van der Waals surface area contributed by atoms with Crippen LogP contribution >= 0.6 is 23.4 Å². The van der Waals surface area contributed by atoms with E-state index in [2.05, 4.69) is 26.5 Å². The number of carbonyl (C=O) groups is 1. The van der Waals surface area contributed by atoms with E-state index in [0.717, 1.165) is 62.0 Å². The molecule has 4 rings (SSSR count). The molecule has 1 saturated carbocycles. The summed E-state index contributed by atoms with van der Waals surface area (Å²) in [4.78, 5) is 16.9. The minimum absolute atomic E-state index is 0.201. The summed E-state index contributed by atoms with van der Waals surface area (Å²) in [5.74, 6) is 2.25. The van der Waals surface area contributed by atoms with Crippen molar-refractivity contribution in [2.24, 2.45) is 0 Å². The predicted octanol–water partition coefficient (Wildman–Crippen LogP) is 3.02. The molecular weight excluding hydrogens is 408 g/mol. The molecule has 9 heteroatoms. The Balaban J connectivity index is 1.20. The highest BCUT2D eigenvalue weighted by Crippen LogP contribution is 2.29. The lowest BCUT2D eigenvalue weighted by Gasteiger charge is -2.34. The van der Waals surface area contributed by atoms with Gasteiger partial charge in [-0.05, 0) is 34.9 Å². The fourth-order valence-electron chi connectivity index (χ4n) is 4.08. The van der Waals surface area contributed by atoms with Crippen molar-refractivity contribution in [1.29, 1.82) is 0 Å². The molecule has 1 saturated heterocycles. The molecule has 2 heterocycles. The van der Waals surface area contributed by atoms with Crippen molar-refractivity contribution in [3.05, 3.63) is 40.7 Å². The first kappa shape index (κ1) is 20.6. The van der Waals surface area contributed by atoms with Gasteiger partial charge in [-0.3, -0.25) is 9.69 Å². The van der Waals surface area contributed by atoms with Crippen molar-refractivity contribution < 1.29 is 4.79 Å². The van der Waals surface area contributed by atoms with Crippen LogP contribution in [0.3, 0.4) is 0 Å². The molecule has 0 radical (unpaired) electrons. The second kappa shape index (κ2) is 9.91. The summed E-state index contributed by atoms with van der Waals surface area (Å²) < 4.78 is 1.97. The molecule has 2 aromatic rings. The van der Waals surface area contributed by atoms with E-state index in [1.807, 2.05) is 27.8 Å². The number of halogens is 1. The molecule has 0 unspecified atom stereocenters. The van der Waals surface area contributed by atoms with Crippen molar-refractivity contribution in [2.75, 3.05) is 31.9 Å². The van der Waals surface area contributed by atoms with Gasteiger partial charge in [0, 0.05) is 37.7 Å². The zero-order valence-electron chi connectivity index (χ0n) is 16.5. The van der Waals surface area contributed by atoms with Gasteiger partial charge in [0.05, 0.1) is 17.5 Å². The van der Waals surface area contributed by atoms with Crippen LogP contribution in [-0.2, 0) is 17.1 Å². The Morgan fingerprint density at radius 3 is 2.66 bits per heavy atom. The van der Waals surface area contributed by atoms with Gasteiger partial charge in [0.25, 0.3) is 0 Å². The Morgan fingerprint density at radius 2 is 1.90 bits per heavy atom. The largest absolute Gasteiger partial charge is 0.339 e. The zero-order chi connectivity index (χ0) is 20.1. The van der Waals surface area contributed by atoms with E-state index in [4.69, 9.17) is 11.6 Å². The van der Waals surface area contributed by atoms with Gasteiger partial charge < -0.3 is 4.90 Å². The van der Waals surface area contributed by atoms with Crippen LogP contribution < -0.4 is 0 Å². The predicted molar refractivity (Wildman–Crippen MR) is 115 cm³/mol. The van der Waals surface area contributed by atoms with E-state index in [1.54, 1.807) is 11.8 Å². The topological polar surface area (TPSA) is 67.2 Å². The van der Waals surface area contributed by atoms with E-state index >= 15 is 0 Å². The van der Waals surface area contributed by atoms with Gasteiger partial charge in [-0.15, -0.1) is 16.9 Å². The number of benzene rings is 1. The van der Waals surface area contributed by atoms with Gasteiger partial charge in [-0.2, -0.15) is 0 Å². The first-order chi connectivity index (χ1) is 14.2. The highest BCUT2D eigenvalue weighted by molar-refractivity contribution is 7.99. The van der Waals surface area contributed by atoms with Crippen molar-refractivity contribution in [3.63, 3.8) is 0 Å². The van der Waals surface area contributed by atoms with E-state index in [-0.39, 0.29) is 5.91 Å². The fourth-order valence-corrected chi connectivity index (χ4v) is 5.11. The summed E-state index contributed by atoms with van der Waals surface area (Å²) in [5.41, 5.74) is 1.14. The molecule has 1 aromatic heterocycles. The molecule has 29 heavy (non-hydrogen) atoms. The Bertz CT molecular complexity index is 817. The lowest BCUT2D eigenvalue weighted by Crippen LogP contribution is -2.48. The minimum Gasteiger partial charge on any atom is -0.339 e. The Kier molecular flexibility index (Phi) is 7.05. The number of hydrogen-bond donors (Lipinski definition) is 0. The van der Waals surface area contributed by atoms with Gasteiger partial charge in [0.1, 0.15) is 0 Å². The summed E-state index contributed by atoms with van der Waals surface area (Å²) in [6.45, 7) is 4.12. The molecule has 1 aliphatic carbocycles. The van der Waals surface area contributed by atoms with Gasteiger partial charge in [-0.25, -0.2) is 4.68 Å². The summed E-state index contributed by atoms with van der Waals surface area (Å²) in [6, 6.07) is 8.39. The standard InChI is InChI=1S/C20H27ClN6OS/c21-18-8-4-1-5-16(18)13-25-9-11-26(12-10-25)20(28)15-29-14-19-22-23-24-27(19)17-6-2-3-7-17/h1,4-5,8,17H,2-3,6-7,9-15H2. The second-order valence-corrected chi connectivity index (χ2v) is 9.11. The summed E-state index contributed by atoms with van der Waals surface area (Å²) in [7, 11) is 0. The molecule has 0 spiro atoms. The number of amides is 1. The number of rotatable bonds is 7. The number of aromatic nitrogens is 4. The Labute approximate surface area is 180 Å². The van der Waals surface area contributed by atoms with Crippen LogP contribution in [0.2, 0.25) is 5.02 Å². The molecule has 1 amide bonds. The summed E-state index contributed by atoms with van der Waals surface area (Å²) in [6.07, 6.45) is 4.80. The van der Waals surface area contributed by atoms with Crippen LogP contribution in [0.25, 0.3) is 0 Å². The van der Waals surface area contributed by atoms with E-state index in [9.17, 15) is 4.79 Å². The van der Waals surface area contributed by atoms with Gasteiger partial charge in [0.2, 0.25) is 5.91 Å². The van der Waals surface area contributed by atoms with Gasteiger partial charge >= 0.3 is 0 Å². The van der Waals surface area contributed by atoms with Crippen molar-refractivity contribution >= 4 is 29.3 Å². The maximum absolute atomic E-state index is 12.6. The third kappa shape index (κ3) is 5.29. The molecule has 2 aliphatic rings. The van der Waals surface area contributed by atoms with Crippen LogP contribution in [0.5, 0.6) is 0 Å². The van der Waals surface area contributed by atoms with Crippen molar-refractivity contribution in [3.8, 4) is 0 Å². The van der Waals surface area contributed by atoms with Crippen LogP contribution in [0.1, 0.15) is 43.1 Å². The number of piperazine rings is 1. The normalized spacial score (nSPS) is 18.4. The number of tetrazole rings is 1. The fraction of sp³-hybridized carbons (Fsp3) is 0.600. The molecule has 7 nitrogen and oxygen atoms in total. The number of nitrogens with zero attached hydrogens (tertiary/aromatic N) is 6. The molecule has 2 fully saturated rings. The Hall–Kier alpha value is -1.64. The number of thioether (sulfide) groups is 1. The maximum atomic E-state index is 12.6. The Morgan fingerprint density at radius 1 is 1.14 bits per heavy atom. The van der Waals surface area contributed by atoms with E-state index < -0.39 is 0 Å². The maximum Gasteiger partial charge on any atom is 0.232 e. The van der Waals surface area contributed by atoms with E-state index in [0.29, 0.717) is 17.5 Å². The average Bonchev–Trinajstić information content (AvgIpc) is 3.42. The molecule has 1 aromatic carbocycles. The lowest BCUT2D eigenvalue weighted by atomic mass is 10.2. The third-order valence-electron chi connectivity index (χ3n) is 5.77. The first-order valence-corrected chi connectivity index (χ1v) is 11.8. The molecule has 0 N–H and O–H groups in total. The molecule has 0 atom stereocenters. The smallest absolute Gasteiger partial charge is 0.232 e. The van der Waals surface area contributed by atoms with E-state index in [1.165, 1.54) is 12.8 Å². The van der Waals surface area contributed by atoms with Crippen LogP contribution in [0, 0.1) is 0 Å². The highest BCUT2D eigenvalue weighted by Gasteiger charge is 2.23. The van der Waals surface area contributed by atoms with Crippen molar-refractivity contribution in [2.45, 2.75) is 44.0 Å². The summed E-state index contributed by atoms with van der Waals surface area (Å²) >= 11 is 7.87. The zero-order valence-corrected chi connectivity index (χ0v) is 18.1. The highest BCUT2D eigenvalue weighted by atomic mass is 35.5. The molecule has 156 valence electrons. The molecular formula is C20H27ClN6OS. The lowest BCUT2D eigenvalue weighted by molar-refractivity contribution is -0.130. The summed E-state index contributed by atoms with van der Waals surface area (Å²) in [5, 5.41) is 13.0. The molecule has 0 bridgehead atoms. The van der Waals surface area contributed by atoms with Gasteiger partial charge in [-0.1, -0.05) is 42.6 Å². The minimum atomic E-state index is 0.201. The van der Waals surface area contributed by atoms with Gasteiger partial charge in [0.15, 0.2) is 5.82 Å². The first-order valence-electron chi connectivity index (χ1n) is 10.3. The number of carbonyl (C=O) groups excluding carboxylic acids is 1. The second-order valence-electron chi connectivity index (χ2n) is 7.72. The average molecular weight is 435 g/mol.